The lowest BCUT2D eigenvalue weighted by atomic mass is 10.0. The van der Waals surface area contributed by atoms with Gasteiger partial charge in [0.2, 0.25) is 0 Å². The number of anilines is 1. The lowest BCUT2D eigenvalue weighted by molar-refractivity contribution is -0.113. The molecule has 6 nitrogen and oxygen atoms in total. The number of fused-ring (bicyclic) bond motifs is 1. The van der Waals surface area contributed by atoms with Crippen molar-refractivity contribution in [2.24, 2.45) is 5.16 Å². The van der Waals surface area contributed by atoms with Gasteiger partial charge in [-0.1, -0.05) is 41.6 Å². The summed E-state index contributed by atoms with van der Waals surface area (Å²) in [7, 11) is 0. The number of amides is 1. The molecule has 1 saturated heterocycles. The summed E-state index contributed by atoms with van der Waals surface area (Å²) >= 11 is 0. The van der Waals surface area contributed by atoms with Gasteiger partial charge < -0.3 is 19.6 Å². The van der Waals surface area contributed by atoms with Crippen LogP contribution in [-0.4, -0.2) is 42.9 Å². The molecule has 2 aromatic rings. The largest absolute Gasteiger partial charge is 0.410 e. The zero-order chi connectivity index (χ0) is 16.5. The highest BCUT2D eigenvalue weighted by Crippen LogP contribution is 2.34. The molecule has 0 radical (unpaired) electrons. The Morgan fingerprint density at radius 3 is 2.54 bits per heavy atom. The van der Waals surface area contributed by atoms with E-state index in [1.807, 2.05) is 42.5 Å². The van der Waals surface area contributed by atoms with Crippen LogP contribution < -0.4 is 4.90 Å². The Bertz CT molecular complexity index is 798. The summed E-state index contributed by atoms with van der Waals surface area (Å²) < 4.78 is 10.9. The molecule has 0 spiro atoms. The molecule has 24 heavy (non-hydrogen) atoms. The van der Waals surface area contributed by atoms with Crippen molar-refractivity contribution in [2.75, 3.05) is 24.7 Å². The fourth-order valence-corrected chi connectivity index (χ4v) is 3.06. The zero-order valence-electron chi connectivity index (χ0n) is 12.9. The van der Waals surface area contributed by atoms with Crippen LogP contribution in [0.2, 0.25) is 0 Å². The highest BCUT2D eigenvalue weighted by Gasteiger charge is 2.37. The minimum Gasteiger partial charge on any atom is -0.410 e. The lowest BCUT2D eigenvalue weighted by Gasteiger charge is -2.20. The molecule has 2 heterocycles. The van der Waals surface area contributed by atoms with E-state index in [0.717, 1.165) is 11.1 Å². The summed E-state index contributed by atoms with van der Waals surface area (Å²) in [5.74, 6) is -0.350. The molecule has 0 unspecified atom stereocenters. The third-order valence-electron chi connectivity index (χ3n) is 4.22. The summed E-state index contributed by atoms with van der Waals surface area (Å²) in [4.78, 5) is 14.1. The van der Waals surface area contributed by atoms with Gasteiger partial charge in [-0.15, -0.1) is 0 Å². The van der Waals surface area contributed by atoms with Crippen LogP contribution in [0.3, 0.4) is 0 Å². The second-order valence-electron chi connectivity index (χ2n) is 5.63. The molecule has 2 aliphatic rings. The average Bonchev–Trinajstić information content (AvgIpc) is 3.23. The van der Waals surface area contributed by atoms with E-state index in [1.54, 1.807) is 11.0 Å². The number of nitrogens with zero attached hydrogens (tertiary/aromatic N) is 2. The molecule has 4 rings (SSSR count). The van der Waals surface area contributed by atoms with Crippen molar-refractivity contribution in [3.63, 3.8) is 0 Å². The van der Waals surface area contributed by atoms with E-state index in [2.05, 4.69) is 5.16 Å². The Kier molecular flexibility index (Phi) is 3.76. The van der Waals surface area contributed by atoms with Gasteiger partial charge in [0.15, 0.2) is 12.0 Å². The van der Waals surface area contributed by atoms with Gasteiger partial charge in [-0.05, 0) is 23.3 Å². The van der Waals surface area contributed by atoms with Crippen molar-refractivity contribution in [1.82, 2.24) is 0 Å². The van der Waals surface area contributed by atoms with Crippen molar-refractivity contribution in [3.05, 3.63) is 54.1 Å². The van der Waals surface area contributed by atoms with Crippen LogP contribution in [0.25, 0.3) is 11.1 Å². The second-order valence-corrected chi connectivity index (χ2v) is 5.63. The number of oxime groups is 1. The third kappa shape index (κ3) is 2.46. The van der Waals surface area contributed by atoms with Gasteiger partial charge in [0.1, 0.15) is 0 Å². The highest BCUT2D eigenvalue weighted by molar-refractivity contribution is 6.54. The predicted molar refractivity (Wildman–Crippen MR) is 88.2 cm³/mol. The van der Waals surface area contributed by atoms with Crippen molar-refractivity contribution >= 4 is 17.3 Å². The zero-order valence-corrected chi connectivity index (χ0v) is 12.9. The molecule has 0 saturated carbocycles. The predicted octanol–water partition coefficient (Wildman–Crippen LogP) is 2.25. The standard InChI is InChI=1S/C18H16N2O4/c21-18-17(19-22)14-7-6-13(12-4-2-1-3-5-12)10-15(14)20(18)11-16-23-8-9-24-16/h1-7,10,16,22H,8-9,11H2/b19-17-. The normalized spacial score (nSPS) is 19.2. The Balaban J connectivity index is 1.74. The molecule has 1 amide bonds. The van der Waals surface area contributed by atoms with Crippen LogP contribution in [0.4, 0.5) is 5.69 Å². The first-order chi connectivity index (χ1) is 11.8. The molecular formula is C18H16N2O4. The fourth-order valence-electron chi connectivity index (χ4n) is 3.06. The SMILES string of the molecule is O=C1/C(=N\O)c2ccc(-c3ccccc3)cc2N1CC1OCCO1. The summed E-state index contributed by atoms with van der Waals surface area (Å²) in [5.41, 5.74) is 3.39. The maximum Gasteiger partial charge on any atom is 0.281 e. The lowest BCUT2D eigenvalue weighted by Crippen LogP contribution is -2.37. The Morgan fingerprint density at radius 2 is 1.83 bits per heavy atom. The molecule has 1 fully saturated rings. The first-order valence-electron chi connectivity index (χ1n) is 7.75. The summed E-state index contributed by atoms with van der Waals surface area (Å²) in [6.07, 6.45) is -0.458. The van der Waals surface area contributed by atoms with E-state index in [-0.39, 0.29) is 18.2 Å². The summed E-state index contributed by atoms with van der Waals surface area (Å²) in [5, 5.41) is 12.4. The maximum absolute atomic E-state index is 12.6. The molecule has 6 heteroatoms. The van der Waals surface area contributed by atoms with Crippen molar-refractivity contribution < 1.29 is 19.5 Å². The van der Waals surface area contributed by atoms with Crippen LogP contribution >= 0.6 is 0 Å². The Hall–Kier alpha value is -2.70. The number of benzene rings is 2. The average molecular weight is 324 g/mol. The molecule has 0 atom stereocenters. The van der Waals surface area contributed by atoms with E-state index < -0.39 is 6.29 Å². The minimum atomic E-state index is -0.458. The van der Waals surface area contributed by atoms with Gasteiger partial charge in [0, 0.05) is 5.56 Å². The summed E-state index contributed by atoms with van der Waals surface area (Å²) in [6, 6.07) is 15.5. The molecule has 2 aromatic carbocycles. The fraction of sp³-hybridized carbons (Fsp3) is 0.222. The molecule has 0 aromatic heterocycles. The molecular weight excluding hydrogens is 308 g/mol. The monoisotopic (exact) mass is 324 g/mol. The second kappa shape index (κ2) is 6.07. The van der Waals surface area contributed by atoms with E-state index >= 15 is 0 Å². The van der Waals surface area contributed by atoms with Crippen LogP contribution in [0.1, 0.15) is 5.56 Å². The first-order valence-corrected chi connectivity index (χ1v) is 7.75. The van der Waals surface area contributed by atoms with Gasteiger partial charge >= 0.3 is 0 Å². The van der Waals surface area contributed by atoms with Crippen molar-refractivity contribution in [2.45, 2.75) is 6.29 Å². The molecule has 1 N–H and O–H groups in total. The molecule has 0 aliphatic carbocycles. The Labute approximate surface area is 138 Å². The quantitative estimate of drug-likeness (QED) is 0.694. The van der Waals surface area contributed by atoms with E-state index in [0.29, 0.717) is 24.5 Å². The smallest absolute Gasteiger partial charge is 0.281 e. The Morgan fingerprint density at radius 1 is 1.08 bits per heavy atom. The van der Waals surface area contributed by atoms with Gasteiger partial charge in [-0.25, -0.2) is 0 Å². The number of rotatable bonds is 3. The number of carbonyl (C=O) groups is 1. The van der Waals surface area contributed by atoms with Crippen LogP contribution in [0, 0.1) is 0 Å². The van der Waals surface area contributed by atoms with Gasteiger partial charge in [0.05, 0.1) is 25.4 Å². The number of hydrogen-bond donors (Lipinski definition) is 1. The van der Waals surface area contributed by atoms with Gasteiger partial charge in [-0.2, -0.15) is 0 Å². The number of ether oxygens (including phenoxy) is 2. The molecule has 0 bridgehead atoms. The molecule has 2 aliphatic heterocycles. The van der Waals surface area contributed by atoms with E-state index in [4.69, 9.17) is 9.47 Å². The first kappa shape index (κ1) is 14.9. The third-order valence-corrected chi connectivity index (χ3v) is 4.22. The van der Waals surface area contributed by atoms with Crippen molar-refractivity contribution in [1.29, 1.82) is 0 Å². The van der Waals surface area contributed by atoms with Crippen LogP contribution in [0.5, 0.6) is 0 Å². The van der Waals surface area contributed by atoms with Crippen LogP contribution in [0.15, 0.2) is 53.7 Å². The highest BCUT2D eigenvalue weighted by atomic mass is 16.7. The number of carbonyl (C=O) groups excluding carboxylic acids is 1. The van der Waals surface area contributed by atoms with Crippen LogP contribution in [-0.2, 0) is 14.3 Å². The van der Waals surface area contributed by atoms with Gasteiger partial charge in [0.25, 0.3) is 5.91 Å². The summed E-state index contributed by atoms with van der Waals surface area (Å²) in [6.45, 7) is 1.30. The van der Waals surface area contributed by atoms with E-state index in [1.165, 1.54) is 0 Å². The minimum absolute atomic E-state index is 0.0441. The van der Waals surface area contributed by atoms with Crippen molar-refractivity contribution in [3.8, 4) is 11.1 Å². The topological polar surface area (TPSA) is 71.4 Å². The molecule has 122 valence electrons. The van der Waals surface area contributed by atoms with Gasteiger partial charge in [-0.3, -0.25) is 4.79 Å². The maximum atomic E-state index is 12.6. The number of hydrogen-bond acceptors (Lipinski definition) is 5. The van der Waals surface area contributed by atoms with E-state index in [9.17, 15) is 10.0 Å².